The lowest BCUT2D eigenvalue weighted by molar-refractivity contribution is 0.0696. The van der Waals surface area contributed by atoms with E-state index in [0.717, 1.165) is 0 Å². The van der Waals surface area contributed by atoms with E-state index in [0.29, 0.717) is 10.0 Å². The number of halogens is 1. The van der Waals surface area contributed by atoms with Gasteiger partial charge in [-0.05, 0) is 23.8 Å². The number of nitrogens with two attached hydrogens (primary N) is 1. The van der Waals surface area contributed by atoms with Gasteiger partial charge in [-0.15, -0.1) is 0 Å². The van der Waals surface area contributed by atoms with Crippen molar-refractivity contribution in [1.82, 2.24) is 0 Å². The lowest BCUT2D eigenvalue weighted by Crippen LogP contribution is -2.15. The Bertz CT molecular complexity index is 354. The predicted octanol–water partition coefficient (Wildman–Crippen LogP) is 1.14. The van der Waals surface area contributed by atoms with Crippen molar-refractivity contribution in [1.29, 1.82) is 0 Å². The number of carbonyl (C=O) groups is 1. The van der Waals surface area contributed by atoms with E-state index in [2.05, 4.69) is 15.9 Å². The van der Waals surface area contributed by atoms with Crippen LogP contribution < -0.4 is 5.73 Å². The number of carboxylic acids is 1. The highest BCUT2D eigenvalue weighted by atomic mass is 79.9. The molecule has 0 spiro atoms. The minimum Gasteiger partial charge on any atom is -0.478 e. The summed E-state index contributed by atoms with van der Waals surface area (Å²) in [5, 5.41) is 17.6. The summed E-state index contributed by atoms with van der Waals surface area (Å²) < 4.78 is 0.635. The molecule has 76 valence electrons. The van der Waals surface area contributed by atoms with E-state index in [9.17, 15) is 4.79 Å². The fourth-order valence-electron chi connectivity index (χ4n) is 1.06. The minimum atomic E-state index is -1.02. The maximum absolute atomic E-state index is 10.7. The van der Waals surface area contributed by atoms with Gasteiger partial charge in [-0.25, -0.2) is 4.79 Å². The van der Waals surface area contributed by atoms with Gasteiger partial charge < -0.3 is 15.9 Å². The van der Waals surface area contributed by atoms with Gasteiger partial charge in [0.05, 0.1) is 18.2 Å². The molecule has 1 unspecified atom stereocenters. The topological polar surface area (TPSA) is 83.5 Å². The van der Waals surface area contributed by atoms with E-state index < -0.39 is 12.0 Å². The van der Waals surface area contributed by atoms with Gasteiger partial charge in [0, 0.05) is 4.47 Å². The molecule has 1 aromatic rings. The van der Waals surface area contributed by atoms with Gasteiger partial charge in [0.15, 0.2) is 0 Å². The van der Waals surface area contributed by atoms with Gasteiger partial charge in [-0.1, -0.05) is 15.9 Å². The second-order valence-electron chi connectivity index (χ2n) is 2.87. The average molecular weight is 260 g/mol. The molecule has 4 nitrogen and oxygen atoms in total. The summed E-state index contributed by atoms with van der Waals surface area (Å²) in [5.41, 5.74) is 6.32. The number of aliphatic hydroxyl groups excluding tert-OH is 1. The minimum absolute atomic E-state index is 0.151. The highest BCUT2D eigenvalue weighted by Gasteiger charge is 2.10. The van der Waals surface area contributed by atoms with E-state index in [1.165, 1.54) is 12.1 Å². The highest BCUT2D eigenvalue weighted by Crippen LogP contribution is 2.19. The first-order chi connectivity index (χ1) is 6.54. The molecule has 0 radical (unpaired) electrons. The summed E-state index contributed by atoms with van der Waals surface area (Å²) >= 11 is 3.18. The van der Waals surface area contributed by atoms with Gasteiger partial charge in [-0.2, -0.15) is 0 Å². The van der Waals surface area contributed by atoms with Crippen molar-refractivity contribution < 1.29 is 15.0 Å². The third kappa shape index (κ3) is 2.54. The average Bonchev–Trinajstić information content (AvgIpc) is 2.15. The summed E-state index contributed by atoms with van der Waals surface area (Å²) in [7, 11) is 0. The lowest BCUT2D eigenvalue weighted by Gasteiger charge is -2.09. The first-order valence-corrected chi connectivity index (χ1v) is 4.74. The maximum Gasteiger partial charge on any atom is 0.335 e. The van der Waals surface area contributed by atoms with Crippen molar-refractivity contribution in [2.75, 3.05) is 6.61 Å². The molecular formula is C9H10BrNO3. The molecule has 0 saturated heterocycles. The Balaban J connectivity index is 3.13. The molecule has 0 bridgehead atoms. The van der Waals surface area contributed by atoms with Crippen LogP contribution in [-0.4, -0.2) is 22.8 Å². The van der Waals surface area contributed by atoms with E-state index in [-0.39, 0.29) is 12.2 Å². The number of rotatable bonds is 3. The smallest absolute Gasteiger partial charge is 0.335 e. The van der Waals surface area contributed by atoms with Crippen LogP contribution in [0.25, 0.3) is 0 Å². The van der Waals surface area contributed by atoms with Crippen molar-refractivity contribution in [3.8, 4) is 0 Å². The predicted molar refractivity (Wildman–Crippen MR) is 55.1 cm³/mol. The second kappa shape index (κ2) is 4.54. The molecule has 1 atom stereocenters. The number of hydrogen-bond donors (Lipinski definition) is 3. The molecule has 0 amide bonds. The molecule has 0 heterocycles. The van der Waals surface area contributed by atoms with Crippen molar-refractivity contribution >= 4 is 21.9 Å². The van der Waals surface area contributed by atoms with Crippen LogP contribution >= 0.6 is 15.9 Å². The molecule has 14 heavy (non-hydrogen) atoms. The van der Waals surface area contributed by atoms with E-state index in [1.807, 2.05) is 0 Å². The molecule has 1 rings (SSSR count). The fourth-order valence-corrected chi connectivity index (χ4v) is 1.57. The van der Waals surface area contributed by atoms with Gasteiger partial charge in [0.25, 0.3) is 0 Å². The zero-order valence-electron chi connectivity index (χ0n) is 7.27. The summed E-state index contributed by atoms with van der Waals surface area (Å²) in [5.74, 6) is -1.02. The van der Waals surface area contributed by atoms with Crippen LogP contribution in [0.5, 0.6) is 0 Å². The van der Waals surface area contributed by atoms with Crippen LogP contribution in [0.3, 0.4) is 0 Å². The Hall–Kier alpha value is -0.910. The summed E-state index contributed by atoms with van der Waals surface area (Å²) in [6, 6.07) is 4.07. The molecule has 4 N–H and O–H groups in total. The van der Waals surface area contributed by atoms with Crippen LogP contribution in [-0.2, 0) is 0 Å². The van der Waals surface area contributed by atoms with Gasteiger partial charge in [0.1, 0.15) is 0 Å². The number of carboxylic acid groups (broad SMARTS) is 1. The lowest BCUT2D eigenvalue weighted by atomic mass is 10.1. The number of hydrogen-bond acceptors (Lipinski definition) is 3. The Kier molecular flexibility index (Phi) is 3.62. The third-order valence-corrected chi connectivity index (χ3v) is 2.25. The molecular weight excluding hydrogens is 250 g/mol. The van der Waals surface area contributed by atoms with Crippen molar-refractivity contribution in [2.24, 2.45) is 5.73 Å². The molecule has 0 aliphatic rings. The Morgan fingerprint density at radius 1 is 1.50 bits per heavy atom. The third-order valence-electron chi connectivity index (χ3n) is 1.79. The van der Waals surface area contributed by atoms with Crippen molar-refractivity contribution in [3.05, 3.63) is 33.8 Å². The van der Waals surface area contributed by atoms with E-state index in [4.69, 9.17) is 15.9 Å². The van der Waals surface area contributed by atoms with Crippen LogP contribution in [0.4, 0.5) is 0 Å². The normalized spacial score (nSPS) is 12.5. The first-order valence-electron chi connectivity index (χ1n) is 3.95. The monoisotopic (exact) mass is 259 g/mol. The quantitative estimate of drug-likeness (QED) is 0.760. The van der Waals surface area contributed by atoms with Gasteiger partial charge in [-0.3, -0.25) is 0 Å². The van der Waals surface area contributed by atoms with Crippen LogP contribution in [0.15, 0.2) is 22.7 Å². The van der Waals surface area contributed by atoms with Gasteiger partial charge >= 0.3 is 5.97 Å². The fraction of sp³-hybridized carbons (Fsp3) is 0.222. The Labute approximate surface area is 89.5 Å². The standard InChI is InChI=1S/C9H10BrNO3/c10-7-2-5(8(11)4-12)1-6(3-7)9(13)14/h1-3,8,12H,4,11H2,(H,13,14). The number of benzene rings is 1. The Morgan fingerprint density at radius 3 is 2.64 bits per heavy atom. The van der Waals surface area contributed by atoms with E-state index >= 15 is 0 Å². The summed E-state index contributed by atoms with van der Waals surface area (Å²) in [6.07, 6.45) is 0. The Morgan fingerprint density at radius 2 is 2.14 bits per heavy atom. The molecule has 5 heteroatoms. The van der Waals surface area contributed by atoms with Gasteiger partial charge in [0.2, 0.25) is 0 Å². The van der Waals surface area contributed by atoms with Crippen LogP contribution in [0.2, 0.25) is 0 Å². The second-order valence-corrected chi connectivity index (χ2v) is 3.78. The summed E-state index contributed by atoms with van der Waals surface area (Å²) in [6.45, 7) is -0.213. The SMILES string of the molecule is NC(CO)c1cc(Br)cc(C(=O)O)c1. The summed E-state index contributed by atoms with van der Waals surface area (Å²) in [4.78, 5) is 10.7. The first kappa shape index (κ1) is 11.2. The van der Waals surface area contributed by atoms with Crippen molar-refractivity contribution in [3.63, 3.8) is 0 Å². The zero-order chi connectivity index (χ0) is 10.7. The molecule has 0 aliphatic carbocycles. The largest absolute Gasteiger partial charge is 0.478 e. The number of aliphatic hydroxyl groups is 1. The molecule has 0 fully saturated rings. The molecule has 1 aromatic carbocycles. The van der Waals surface area contributed by atoms with E-state index in [1.54, 1.807) is 6.07 Å². The number of aromatic carboxylic acids is 1. The van der Waals surface area contributed by atoms with Crippen LogP contribution in [0.1, 0.15) is 22.0 Å². The van der Waals surface area contributed by atoms with Crippen LogP contribution in [0, 0.1) is 0 Å². The highest BCUT2D eigenvalue weighted by molar-refractivity contribution is 9.10. The molecule has 0 aliphatic heterocycles. The van der Waals surface area contributed by atoms with Crippen molar-refractivity contribution in [2.45, 2.75) is 6.04 Å². The molecule has 0 saturated carbocycles. The maximum atomic E-state index is 10.7. The molecule has 0 aromatic heterocycles. The zero-order valence-corrected chi connectivity index (χ0v) is 8.86.